The van der Waals surface area contributed by atoms with E-state index in [-0.39, 0.29) is 0 Å². The van der Waals surface area contributed by atoms with Gasteiger partial charge in [0.1, 0.15) is 0 Å². The van der Waals surface area contributed by atoms with E-state index in [1.54, 1.807) is 0 Å². The number of hydrogen-bond acceptors (Lipinski definition) is 1. The summed E-state index contributed by atoms with van der Waals surface area (Å²) in [7, 11) is 0. The molecule has 0 radical (unpaired) electrons. The fourth-order valence-electron chi connectivity index (χ4n) is 3.45. The molecule has 2 aliphatic carbocycles. The molecule has 3 unspecified atom stereocenters. The monoisotopic (exact) mass is 209 g/mol. The maximum atomic E-state index is 3.96. The molecular formula is C14H27N. The first-order valence-corrected chi connectivity index (χ1v) is 6.86. The van der Waals surface area contributed by atoms with Crippen molar-refractivity contribution >= 4 is 0 Å². The number of nitrogens with one attached hydrogen (secondary N) is 1. The zero-order valence-electron chi connectivity index (χ0n) is 10.7. The van der Waals surface area contributed by atoms with Gasteiger partial charge in [-0.2, -0.15) is 0 Å². The zero-order valence-corrected chi connectivity index (χ0v) is 10.7. The van der Waals surface area contributed by atoms with Crippen molar-refractivity contribution in [2.24, 2.45) is 11.3 Å². The van der Waals surface area contributed by atoms with Crippen LogP contribution in [0.3, 0.4) is 0 Å². The van der Waals surface area contributed by atoms with Crippen molar-refractivity contribution in [1.82, 2.24) is 5.32 Å². The Morgan fingerprint density at radius 1 is 1.00 bits per heavy atom. The minimum Gasteiger partial charge on any atom is -0.310 e. The summed E-state index contributed by atoms with van der Waals surface area (Å²) in [6.45, 7) is 7.31. The van der Waals surface area contributed by atoms with Crippen LogP contribution in [0.4, 0.5) is 0 Å². The molecule has 0 bridgehead atoms. The SMILES string of the molecule is CC1CCCC1NC1CCCCC1(C)C. The molecule has 2 aliphatic rings. The highest BCUT2D eigenvalue weighted by atomic mass is 15.0. The van der Waals surface area contributed by atoms with E-state index in [0.717, 1.165) is 18.0 Å². The highest BCUT2D eigenvalue weighted by Gasteiger charge is 2.35. The van der Waals surface area contributed by atoms with E-state index in [2.05, 4.69) is 26.1 Å². The van der Waals surface area contributed by atoms with Gasteiger partial charge in [0, 0.05) is 12.1 Å². The maximum Gasteiger partial charge on any atom is 0.0121 e. The average Bonchev–Trinajstić information content (AvgIpc) is 2.56. The average molecular weight is 209 g/mol. The van der Waals surface area contributed by atoms with Crippen molar-refractivity contribution in [3.05, 3.63) is 0 Å². The Balaban J connectivity index is 1.92. The topological polar surface area (TPSA) is 12.0 Å². The Kier molecular flexibility index (Phi) is 3.39. The summed E-state index contributed by atoms with van der Waals surface area (Å²) < 4.78 is 0. The largest absolute Gasteiger partial charge is 0.310 e. The molecule has 0 aromatic heterocycles. The molecular weight excluding hydrogens is 182 g/mol. The molecule has 0 aromatic carbocycles. The molecule has 2 rings (SSSR count). The van der Waals surface area contributed by atoms with Crippen molar-refractivity contribution in [2.45, 2.75) is 77.8 Å². The van der Waals surface area contributed by atoms with Crippen LogP contribution in [-0.2, 0) is 0 Å². The van der Waals surface area contributed by atoms with E-state index >= 15 is 0 Å². The van der Waals surface area contributed by atoms with Crippen LogP contribution in [0, 0.1) is 11.3 Å². The normalized spacial score (nSPS) is 40.6. The van der Waals surface area contributed by atoms with E-state index in [0.29, 0.717) is 5.41 Å². The van der Waals surface area contributed by atoms with Crippen molar-refractivity contribution in [2.75, 3.05) is 0 Å². The molecule has 0 aliphatic heterocycles. The Labute approximate surface area is 95.0 Å². The van der Waals surface area contributed by atoms with Gasteiger partial charge in [0.2, 0.25) is 0 Å². The third-order valence-electron chi connectivity index (χ3n) is 4.78. The fourth-order valence-corrected chi connectivity index (χ4v) is 3.45. The van der Waals surface area contributed by atoms with E-state index in [4.69, 9.17) is 0 Å². The molecule has 2 fully saturated rings. The first-order valence-electron chi connectivity index (χ1n) is 6.86. The van der Waals surface area contributed by atoms with Crippen LogP contribution in [-0.4, -0.2) is 12.1 Å². The summed E-state index contributed by atoms with van der Waals surface area (Å²) in [6, 6.07) is 1.59. The van der Waals surface area contributed by atoms with E-state index in [1.165, 1.54) is 44.9 Å². The van der Waals surface area contributed by atoms with Gasteiger partial charge in [-0.1, -0.05) is 40.0 Å². The molecule has 0 saturated heterocycles. The summed E-state index contributed by atoms with van der Waals surface area (Å²) in [5, 5.41) is 3.96. The van der Waals surface area contributed by atoms with Gasteiger partial charge in [0.15, 0.2) is 0 Å². The van der Waals surface area contributed by atoms with Crippen LogP contribution in [0.15, 0.2) is 0 Å². The predicted octanol–water partition coefficient (Wildman–Crippen LogP) is 3.73. The molecule has 2 saturated carbocycles. The van der Waals surface area contributed by atoms with Crippen LogP contribution in [0.25, 0.3) is 0 Å². The molecule has 15 heavy (non-hydrogen) atoms. The fraction of sp³-hybridized carbons (Fsp3) is 1.00. The highest BCUT2D eigenvalue weighted by molar-refractivity contribution is 4.92. The van der Waals surface area contributed by atoms with E-state index in [9.17, 15) is 0 Å². The lowest BCUT2D eigenvalue weighted by atomic mass is 9.73. The Hall–Kier alpha value is -0.0400. The van der Waals surface area contributed by atoms with Crippen molar-refractivity contribution < 1.29 is 0 Å². The third-order valence-corrected chi connectivity index (χ3v) is 4.78. The molecule has 1 heteroatoms. The van der Waals surface area contributed by atoms with Crippen molar-refractivity contribution in [3.8, 4) is 0 Å². The maximum absolute atomic E-state index is 3.96. The van der Waals surface area contributed by atoms with Crippen molar-refractivity contribution in [3.63, 3.8) is 0 Å². The second-order valence-corrected chi connectivity index (χ2v) is 6.47. The molecule has 0 spiro atoms. The van der Waals surface area contributed by atoms with Crippen LogP contribution in [0.1, 0.15) is 65.7 Å². The first-order chi connectivity index (χ1) is 7.09. The lowest BCUT2D eigenvalue weighted by Gasteiger charge is -2.41. The lowest BCUT2D eigenvalue weighted by Crippen LogP contribution is -2.49. The zero-order chi connectivity index (χ0) is 10.9. The Morgan fingerprint density at radius 2 is 1.80 bits per heavy atom. The second-order valence-electron chi connectivity index (χ2n) is 6.47. The molecule has 3 atom stereocenters. The van der Waals surface area contributed by atoms with Gasteiger partial charge in [-0.05, 0) is 37.0 Å². The summed E-state index contributed by atoms with van der Waals surface area (Å²) in [6.07, 6.45) is 9.96. The number of hydrogen-bond donors (Lipinski definition) is 1. The standard InChI is InChI=1S/C14H27N/c1-11-7-6-8-12(11)15-13-9-4-5-10-14(13,2)3/h11-13,15H,4-10H2,1-3H3. The van der Waals surface area contributed by atoms with Crippen LogP contribution in [0.5, 0.6) is 0 Å². The third kappa shape index (κ3) is 2.55. The molecule has 88 valence electrons. The molecule has 1 N–H and O–H groups in total. The summed E-state index contributed by atoms with van der Waals surface area (Å²) in [5.41, 5.74) is 0.528. The van der Waals surface area contributed by atoms with Crippen LogP contribution in [0.2, 0.25) is 0 Å². The van der Waals surface area contributed by atoms with Gasteiger partial charge in [-0.3, -0.25) is 0 Å². The summed E-state index contributed by atoms with van der Waals surface area (Å²) in [5.74, 6) is 0.905. The van der Waals surface area contributed by atoms with Crippen LogP contribution >= 0.6 is 0 Å². The van der Waals surface area contributed by atoms with Gasteiger partial charge in [0.25, 0.3) is 0 Å². The highest BCUT2D eigenvalue weighted by Crippen LogP contribution is 2.37. The van der Waals surface area contributed by atoms with Crippen LogP contribution < -0.4 is 5.32 Å². The lowest BCUT2D eigenvalue weighted by molar-refractivity contribution is 0.149. The second kappa shape index (κ2) is 4.45. The predicted molar refractivity (Wildman–Crippen MR) is 66.0 cm³/mol. The van der Waals surface area contributed by atoms with Crippen molar-refractivity contribution in [1.29, 1.82) is 0 Å². The number of rotatable bonds is 2. The molecule has 0 aromatic rings. The Morgan fingerprint density at radius 3 is 2.40 bits per heavy atom. The van der Waals surface area contributed by atoms with Gasteiger partial charge in [-0.25, -0.2) is 0 Å². The Bertz CT molecular complexity index is 209. The minimum absolute atomic E-state index is 0.528. The van der Waals surface area contributed by atoms with Gasteiger partial charge in [-0.15, -0.1) is 0 Å². The van der Waals surface area contributed by atoms with E-state index in [1.807, 2.05) is 0 Å². The van der Waals surface area contributed by atoms with Gasteiger partial charge in [0.05, 0.1) is 0 Å². The van der Waals surface area contributed by atoms with E-state index < -0.39 is 0 Å². The smallest absolute Gasteiger partial charge is 0.0121 e. The van der Waals surface area contributed by atoms with Gasteiger partial charge < -0.3 is 5.32 Å². The summed E-state index contributed by atoms with van der Waals surface area (Å²) >= 11 is 0. The van der Waals surface area contributed by atoms with Gasteiger partial charge >= 0.3 is 0 Å². The minimum atomic E-state index is 0.528. The molecule has 1 nitrogen and oxygen atoms in total. The summed E-state index contributed by atoms with van der Waals surface area (Å²) in [4.78, 5) is 0. The molecule has 0 heterocycles. The first kappa shape index (κ1) is 11.4. The molecule has 0 amide bonds. The quantitative estimate of drug-likeness (QED) is 0.730.